The Morgan fingerprint density at radius 1 is 1.38 bits per heavy atom. The zero-order valence-corrected chi connectivity index (χ0v) is 11.9. The van der Waals surface area contributed by atoms with E-state index < -0.39 is 0 Å². The third-order valence-electron chi connectivity index (χ3n) is 3.45. The summed E-state index contributed by atoms with van der Waals surface area (Å²) in [5.41, 5.74) is 7.68. The van der Waals surface area contributed by atoms with Gasteiger partial charge in [-0.3, -0.25) is 4.90 Å². The lowest BCUT2D eigenvalue weighted by molar-refractivity contribution is 0.107. The maximum Gasteiger partial charge on any atom is 0.0485 e. The van der Waals surface area contributed by atoms with E-state index in [0.29, 0.717) is 0 Å². The SMILES string of the molecule is CCN(CC)C(C)(C)C(N)c1csc(C)c1. The fourth-order valence-electron chi connectivity index (χ4n) is 2.27. The van der Waals surface area contributed by atoms with Crippen LogP contribution in [-0.4, -0.2) is 23.5 Å². The highest BCUT2D eigenvalue weighted by Crippen LogP contribution is 2.31. The Hall–Kier alpha value is -0.380. The molecule has 0 saturated heterocycles. The van der Waals surface area contributed by atoms with Crippen LogP contribution in [0.4, 0.5) is 0 Å². The molecule has 2 nitrogen and oxygen atoms in total. The monoisotopic (exact) mass is 240 g/mol. The summed E-state index contributed by atoms with van der Waals surface area (Å²) < 4.78 is 0. The van der Waals surface area contributed by atoms with Crippen molar-refractivity contribution in [2.75, 3.05) is 13.1 Å². The number of rotatable bonds is 5. The minimum absolute atomic E-state index is 0.0109. The highest BCUT2D eigenvalue weighted by atomic mass is 32.1. The zero-order chi connectivity index (χ0) is 12.3. The number of hydrogen-bond donors (Lipinski definition) is 1. The van der Waals surface area contributed by atoms with Gasteiger partial charge in [-0.1, -0.05) is 13.8 Å². The summed E-state index contributed by atoms with van der Waals surface area (Å²) in [6, 6.07) is 2.29. The van der Waals surface area contributed by atoms with Gasteiger partial charge in [-0.25, -0.2) is 0 Å². The summed E-state index contributed by atoms with van der Waals surface area (Å²) in [5, 5.41) is 2.19. The molecule has 0 aliphatic rings. The molecule has 1 unspecified atom stereocenters. The lowest BCUT2D eigenvalue weighted by Gasteiger charge is -2.41. The van der Waals surface area contributed by atoms with E-state index in [9.17, 15) is 0 Å². The third-order valence-corrected chi connectivity index (χ3v) is 4.33. The molecule has 0 aromatic carbocycles. The van der Waals surface area contributed by atoms with Crippen molar-refractivity contribution in [1.29, 1.82) is 0 Å². The van der Waals surface area contributed by atoms with E-state index >= 15 is 0 Å². The van der Waals surface area contributed by atoms with Gasteiger partial charge in [0.2, 0.25) is 0 Å². The van der Waals surface area contributed by atoms with Crippen molar-refractivity contribution in [1.82, 2.24) is 4.90 Å². The Morgan fingerprint density at radius 2 is 1.94 bits per heavy atom. The molecule has 0 aliphatic carbocycles. The van der Waals surface area contributed by atoms with E-state index in [0.717, 1.165) is 13.1 Å². The number of aryl methyl sites for hydroxylation is 1. The molecule has 1 atom stereocenters. The molecule has 2 N–H and O–H groups in total. The lowest BCUT2D eigenvalue weighted by Crippen LogP contribution is -2.51. The number of hydrogen-bond acceptors (Lipinski definition) is 3. The molecule has 0 spiro atoms. The van der Waals surface area contributed by atoms with E-state index in [2.05, 4.69) is 51.0 Å². The summed E-state index contributed by atoms with van der Waals surface area (Å²) in [7, 11) is 0. The van der Waals surface area contributed by atoms with Crippen LogP contribution in [-0.2, 0) is 0 Å². The Bertz CT molecular complexity index is 326. The quantitative estimate of drug-likeness (QED) is 0.856. The van der Waals surface area contributed by atoms with Crippen LogP contribution in [0.25, 0.3) is 0 Å². The number of thiophene rings is 1. The van der Waals surface area contributed by atoms with Crippen molar-refractivity contribution in [3.63, 3.8) is 0 Å². The highest BCUT2D eigenvalue weighted by molar-refractivity contribution is 7.10. The van der Waals surface area contributed by atoms with E-state index in [1.165, 1.54) is 10.4 Å². The van der Waals surface area contributed by atoms with Crippen LogP contribution >= 0.6 is 11.3 Å². The second-order valence-corrected chi connectivity index (χ2v) is 5.91. The fourth-order valence-corrected chi connectivity index (χ4v) is 3.01. The second kappa shape index (κ2) is 5.30. The topological polar surface area (TPSA) is 29.3 Å². The molecule has 92 valence electrons. The molecule has 0 aliphatic heterocycles. The predicted octanol–water partition coefficient (Wildman–Crippen LogP) is 3.18. The first-order chi connectivity index (χ1) is 7.43. The van der Waals surface area contributed by atoms with Crippen LogP contribution in [0.15, 0.2) is 11.4 Å². The average Bonchev–Trinajstić information content (AvgIpc) is 2.65. The normalized spacial score (nSPS) is 14.4. The van der Waals surface area contributed by atoms with Crippen LogP contribution in [0.5, 0.6) is 0 Å². The van der Waals surface area contributed by atoms with E-state index in [-0.39, 0.29) is 11.6 Å². The van der Waals surface area contributed by atoms with Crippen molar-refractivity contribution in [2.45, 2.75) is 46.2 Å². The fraction of sp³-hybridized carbons (Fsp3) is 0.692. The largest absolute Gasteiger partial charge is 0.322 e. The summed E-state index contributed by atoms with van der Waals surface area (Å²) in [4.78, 5) is 3.76. The van der Waals surface area contributed by atoms with Gasteiger partial charge in [0, 0.05) is 16.5 Å². The van der Waals surface area contributed by atoms with Gasteiger partial charge in [0.05, 0.1) is 0 Å². The van der Waals surface area contributed by atoms with Gasteiger partial charge in [0.15, 0.2) is 0 Å². The van der Waals surface area contributed by atoms with E-state index in [1.807, 2.05) is 0 Å². The first-order valence-electron chi connectivity index (χ1n) is 5.99. The second-order valence-electron chi connectivity index (χ2n) is 4.79. The first kappa shape index (κ1) is 13.7. The molecule has 0 amide bonds. The van der Waals surface area contributed by atoms with Gasteiger partial charge in [-0.2, -0.15) is 0 Å². The summed E-state index contributed by atoms with van der Waals surface area (Å²) in [6.07, 6.45) is 0. The van der Waals surface area contributed by atoms with Gasteiger partial charge in [-0.05, 0) is 50.9 Å². The van der Waals surface area contributed by atoms with Crippen LogP contribution in [0, 0.1) is 6.92 Å². The van der Waals surface area contributed by atoms with E-state index in [4.69, 9.17) is 5.73 Å². The Kier molecular flexibility index (Phi) is 4.53. The molecule has 1 heterocycles. The average molecular weight is 240 g/mol. The van der Waals surface area contributed by atoms with E-state index in [1.54, 1.807) is 11.3 Å². The van der Waals surface area contributed by atoms with Gasteiger partial charge >= 0.3 is 0 Å². The van der Waals surface area contributed by atoms with Crippen molar-refractivity contribution in [3.8, 4) is 0 Å². The van der Waals surface area contributed by atoms with Crippen molar-refractivity contribution >= 4 is 11.3 Å². The van der Waals surface area contributed by atoms with Gasteiger partial charge in [0.25, 0.3) is 0 Å². The number of likely N-dealkylation sites (N-methyl/N-ethyl adjacent to an activating group) is 1. The van der Waals surface area contributed by atoms with Gasteiger partial charge in [0.1, 0.15) is 0 Å². The predicted molar refractivity (Wildman–Crippen MR) is 73.0 cm³/mol. The molecule has 0 saturated carbocycles. The molecule has 0 fully saturated rings. The first-order valence-corrected chi connectivity index (χ1v) is 6.87. The maximum atomic E-state index is 6.40. The van der Waals surface area contributed by atoms with Gasteiger partial charge < -0.3 is 5.73 Å². The van der Waals surface area contributed by atoms with Crippen molar-refractivity contribution in [3.05, 3.63) is 21.9 Å². The third kappa shape index (κ3) is 2.65. The molecule has 1 aromatic heterocycles. The summed E-state index contributed by atoms with van der Waals surface area (Å²) in [6.45, 7) is 13.1. The highest BCUT2D eigenvalue weighted by Gasteiger charge is 2.32. The van der Waals surface area contributed by atoms with Crippen LogP contribution in [0.3, 0.4) is 0 Å². The maximum absolute atomic E-state index is 6.40. The molecule has 16 heavy (non-hydrogen) atoms. The van der Waals surface area contributed by atoms with Crippen LogP contribution in [0.1, 0.15) is 44.2 Å². The molecule has 1 rings (SSSR count). The molecule has 1 aromatic rings. The zero-order valence-electron chi connectivity index (χ0n) is 11.1. The minimum atomic E-state index is 0.0109. The van der Waals surface area contributed by atoms with Crippen LogP contribution < -0.4 is 5.73 Å². The lowest BCUT2D eigenvalue weighted by atomic mass is 9.88. The molecule has 0 bridgehead atoms. The Labute approximate surface area is 103 Å². The number of nitrogens with zero attached hydrogens (tertiary/aromatic N) is 1. The standard InChI is InChI=1S/C13H24N2S/c1-6-15(7-2)13(4,5)12(14)11-8-10(3)16-9-11/h8-9,12H,6-7,14H2,1-5H3. The summed E-state index contributed by atoms with van der Waals surface area (Å²) >= 11 is 1.78. The molecular weight excluding hydrogens is 216 g/mol. The molecular formula is C13H24N2S. The smallest absolute Gasteiger partial charge is 0.0485 e. The summed E-state index contributed by atoms with van der Waals surface area (Å²) in [5.74, 6) is 0. The van der Waals surface area contributed by atoms with Gasteiger partial charge in [-0.15, -0.1) is 11.3 Å². The molecule has 3 heteroatoms. The van der Waals surface area contributed by atoms with Crippen molar-refractivity contribution in [2.24, 2.45) is 5.73 Å². The Morgan fingerprint density at radius 3 is 2.31 bits per heavy atom. The minimum Gasteiger partial charge on any atom is -0.322 e. The van der Waals surface area contributed by atoms with Crippen molar-refractivity contribution < 1.29 is 0 Å². The van der Waals surface area contributed by atoms with Crippen LogP contribution in [0.2, 0.25) is 0 Å². The number of nitrogens with two attached hydrogens (primary N) is 1. The molecule has 0 radical (unpaired) electrons. The Balaban J connectivity index is 2.90.